The quantitative estimate of drug-likeness (QED) is 0.303. The summed E-state index contributed by atoms with van der Waals surface area (Å²) in [6, 6.07) is 14.4. The van der Waals surface area contributed by atoms with Crippen molar-refractivity contribution in [3.8, 4) is 5.75 Å². The average molecular weight is 504 g/mol. The summed E-state index contributed by atoms with van der Waals surface area (Å²) in [5, 5.41) is 11.5. The molecular weight excluding hydrogens is 479 g/mol. The topological polar surface area (TPSA) is 106 Å². The highest BCUT2D eigenvalue weighted by Crippen LogP contribution is 2.17. The first kappa shape index (κ1) is 23.2. The number of sulfonamides is 1. The lowest BCUT2D eigenvalue weighted by Gasteiger charge is -2.13. The summed E-state index contributed by atoms with van der Waals surface area (Å²) in [5.74, 6) is 1.48. The summed E-state index contributed by atoms with van der Waals surface area (Å²) in [4.78, 5) is 4.26. The Morgan fingerprint density at radius 1 is 1.15 bits per heavy atom. The minimum absolute atomic E-state index is 0. The van der Waals surface area contributed by atoms with Crippen LogP contribution in [0.5, 0.6) is 5.75 Å². The number of aliphatic imine (C=N–C) groups is 1. The number of primary sulfonamides is 1. The number of rotatable bonds is 7. The van der Waals surface area contributed by atoms with E-state index in [1.165, 1.54) is 6.07 Å². The van der Waals surface area contributed by atoms with Gasteiger partial charge in [-0.15, -0.1) is 24.0 Å². The van der Waals surface area contributed by atoms with Gasteiger partial charge in [-0.05, 0) is 35.7 Å². The number of methoxy groups -OCH3 is 1. The fourth-order valence-electron chi connectivity index (χ4n) is 2.46. The molecule has 0 atom stereocenters. The van der Waals surface area contributed by atoms with Crippen molar-refractivity contribution in [3.05, 3.63) is 59.7 Å². The first-order chi connectivity index (χ1) is 12.4. The number of nitrogens with two attached hydrogens (primary N) is 1. The van der Waals surface area contributed by atoms with Crippen molar-refractivity contribution in [2.45, 2.75) is 17.9 Å². The molecule has 2 rings (SSSR count). The van der Waals surface area contributed by atoms with Gasteiger partial charge in [-0.1, -0.05) is 30.3 Å². The average Bonchev–Trinajstić information content (AvgIpc) is 2.64. The van der Waals surface area contributed by atoms with E-state index < -0.39 is 10.0 Å². The molecule has 0 bridgehead atoms. The molecule has 0 aliphatic rings. The summed E-state index contributed by atoms with van der Waals surface area (Å²) in [6.07, 6.45) is 0.783. The molecule has 0 aromatic heterocycles. The van der Waals surface area contributed by atoms with Gasteiger partial charge in [0, 0.05) is 20.1 Å². The van der Waals surface area contributed by atoms with Crippen LogP contribution < -0.4 is 20.5 Å². The lowest BCUT2D eigenvalue weighted by atomic mass is 10.1. The van der Waals surface area contributed by atoms with Crippen LogP contribution in [0.2, 0.25) is 0 Å². The normalized spacial score (nSPS) is 11.4. The van der Waals surface area contributed by atoms with Crippen molar-refractivity contribution in [2.75, 3.05) is 20.7 Å². The summed E-state index contributed by atoms with van der Waals surface area (Å²) < 4.78 is 28.2. The summed E-state index contributed by atoms with van der Waals surface area (Å²) in [5.41, 5.74) is 1.91. The number of para-hydroxylation sites is 1. The summed E-state index contributed by atoms with van der Waals surface area (Å²) in [7, 11) is -0.371. The zero-order chi connectivity index (χ0) is 19.0. The van der Waals surface area contributed by atoms with Gasteiger partial charge in [0.2, 0.25) is 10.0 Å². The largest absolute Gasteiger partial charge is 0.496 e. The highest BCUT2D eigenvalue weighted by atomic mass is 127. The van der Waals surface area contributed by atoms with Crippen molar-refractivity contribution in [2.24, 2.45) is 10.1 Å². The zero-order valence-corrected chi connectivity index (χ0v) is 18.5. The molecule has 2 aromatic rings. The van der Waals surface area contributed by atoms with Gasteiger partial charge in [-0.3, -0.25) is 4.99 Å². The monoisotopic (exact) mass is 504 g/mol. The molecule has 27 heavy (non-hydrogen) atoms. The molecule has 0 saturated heterocycles. The number of hydrogen-bond donors (Lipinski definition) is 3. The van der Waals surface area contributed by atoms with Crippen LogP contribution in [0, 0.1) is 0 Å². The molecule has 0 unspecified atom stereocenters. The molecule has 0 spiro atoms. The van der Waals surface area contributed by atoms with Crippen molar-refractivity contribution >= 4 is 40.0 Å². The van der Waals surface area contributed by atoms with Crippen LogP contribution in [0.4, 0.5) is 0 Å². The van der Waals surface area contributed by atoms with Gasteiger partial charge in [0.05, 0.1) is 12.0 Å². The van der Waals surface area contributed by atoms with E-state index in [2.05, 4.69) is 15.6 Å². The molecule has 4 N–H and O–H groups in total. The van der Waals surface area contributed by atoms with Crippen molar-refractivity contribution < 1.29 is 13.2 Å². The number of nitrogens with zero attached hydrogens (tertiary/aromatic N) is 1. The van der Waals surface area contributed by atoms with Crippen molar-refractivity contribution in [1.82, 2.24) is 10.6 Å². The second-order valence-electron chi connectivity index (χ2n) is 5.61. The Morgan fingerprint density at radius 3 is 2.56 bits per heavy atom. The van der Waals surface area contributed by atoms with Gasteiger partial charge in [0.25, 0.3) is 0 Å². The van der Waals surface area contributed by atoms with Gasteiger partial charge in [-0.2, -0.15) is 0 Å². The molecule has 0 aliphatic carbocycles. The van der Waals surface area contributed by atoms with E-state index in [0.29, 0.717) is 19.0 Å². The zero-order valence-electron chi connectivity index (χ0n) is 15.3. The number of nitrogens with one attached hydrogen (secondary N) is 2. The second-order valence-corrected chi connectivity index (χ2v) is 7.17. The van der Waals surface area contributed by atoms with Crippen LogP contribution in [0.25, 0.3) is 0 Å². The molecule has 7 nitrogen and oxygen atoms in total. The smallest absolute Gasteiger partial charge is 0.238 e. The van der Waals surface area contributed by atoms with Crippen LogP contribution in [-0.2, 0) is 23.0 Å². The third kappa shape index (κ3) is 7.35. The molecule has 0 fully saturated rings. The van der Waals surface area contributed by atoms with E-state index in [1.54, 1.807) is 26.3 Å². The van der Waals surface area contributed by atoms with Gasteiger partial charge in [0.1, 0.15) is 5.75 Å². The molecule has 9 heteroatoms. The Hall–Kier alpha value is -1.85. The lowest BCUT2D eigenvalue weighted by molar-refractivity contribution is 0.409. The number of ether oxygens (including phenoxy) is 1. The third-order valence-corrected chi connectivity index (χ3v) is 4.70. The molecule has 0 heterocycles. The highest BCUT2D eigenvalue weighted by molar-refractivity contribution is 14.0. The Bertz CT molecular complexity index is 872. The Kier molecular flexibility index (Phi) is 9.53. The third-order valence-electron chi connectivity index (χ3n) is 3.79. The Balaban J connectivity index is 0.00000364. The second kappa shape index (κ2) is 11.1. The predicted octanol–water partition coefficient (Wildman–Crippen LogP) is 1.87. The maximum absolute atomic E-state index is 11.4. The van der Waals surface area contributed by atoms with Gasteiger partial charge in [0.15, 0.2) is 5.96 Å². The van der Waals surface area contributed by atoms with Crippen LogP contribution >= 0.6 is 24.0 Å². The fourth-order valence-corrected chi connectivity index (χ4v) is 3.05. The Labute approximate surface area is 177 Å². The maximum Gasteiger partial charge on any atom is 0.238 e. The van der Waals surface area contributed by atoms with Gasteiger partial charge >= 0.3 is 0 Å². The van der Waals surface area contributed by atoms with Gasteiger partial charge in [-0.25, -0.2) is 13.6 Å². The molecule has 0 radical (unpaired) electrons. The molecular formula is C18H25IN4O3S. The maximum atomic E-state index is 11.4. The predicted molar refractivity (Wildman–Crippen MR) is 118 cm³/mol. The molecule has 0 saturated carbocycles. The Morgan fingerprint density at radius 2 is 1.89 bits per heavy atom. The first-order valence-corrected chi connectivity index (χ1v) is 9.67. The number of hydrogen-bond acceptors (Lipinski definition) is 4. The number of guanidine groups is 1. The molecule has 0 aliphatic heterocycles. The van der Waals surface area contributed by atoms with Crippen molar-refractivity contribution in [3.63, 3.8) is 0 Å². The minimum atomic E-state index is -3.71. The van der Waals surface area contributed by atoms with E-state index >= 15 is 0 Å². The fraction of sp³-hybridized carbons (Fsp3) is 0.278. The highest BCUT2D eigenvalue weighted by Gasteiger charge is 2.08. The van der Waals surface area contributed by atoms with Crippen LogP contribution in [-0.4, -0.2) is 35.1 Å². The first-order valence-electron chi connectivity index (χ1n) is 8.12. The standard InChI is InChI=1S/C18H24N4O3S.HI/c1-20-18(21-11-10-15-7-3-4-9-17(15)25-2)22-13-14-6-5-8-16(12-14)26(19,23)24;/h3-9,12H,10-11,13H2,1-2H3,(H2,19,23,24)(H2,20,21,22);1H. The molecule has 2 aromatic carbocycles. The SMILES string of the molecule is CN=C(NCCc1ccccc1OC)NCc1cccc(S(N)(=O)=O)c1.I. The van der Waals surface area contributed by atoms with Gasteiger partial charge < -0.3 is 15.4 Å². The summed E-state index contributed by atoms with van der Waals surface area (Å²) in [6.45, 7) is 1.11. The lowest BCUT2D eigenvalue weighted by Crippen LogP contribution is -2.37. The minimum Gasteiger partial charge on any atom is -0.496 e. The summed E-state index contributed by atoms with van der Waals surface area (Å²) >= 11 is 0. The number of halogens is 1. The van der Waals surface area contributed by atoms with Crippen LogP contribution in [0.1, 0.15) is 11.1 Å². The van der Waals surface area contributed by atoms with E-state index in [9.17, 15) is 8.42 Å². The van der Waals surface area contributed by atoms with E-state index in [-0.39, 0.29) is 28.9 Å². The van der Waals surface area contributed by atoms with E-state index in [4.69, 9.17) is 9.88 Å². The number of benzene rings is 2. The molecule has 0 amide bonds. The van der Waals surface area contributed by atoms with Crippen molar-refractivity contribution in [1.29, 1.82) is 0 Å². The molecule has 148 valence electrons. The van der Waals surface area contributed by atoms with E-state index in [1.807, 2.05) is 30.3 Å². The van der Waals surface area contributed by atoms with Crippen LogP contribution in [0.15, 0.2) is 58.4 Å². The van der Waals surface area contributed by atoms with E-state index in [0.717, 1.165) is 23.3 Å². The van der Waals surface area contributed by atoms with Crippen LogP contribution in [0.3, 0.4) is 0 Å².